The van der Waals surface area contributed by atoms with Gasteiger partial charge in [-0.2, -0.15) is 0 Å². The highest BCUT2D eigenvalue weighted by atomic mass is 35.5. The summed E-state index contributed by atoms with van der Waals surface area (Å²) < 4.78 is 7.71. The first-order valence-corrected chi connectivity index (χ1v) is 10.9. The zero-order valence-electron chi connectivity index (χ0n) is 16.3. The number of carbonyl (C=O) groups excluding carboxylic acids is 1. The summed E-state index contributed by atoms with van der Waals surface area (Å²) >= 11 is 7.29. The van der Waals surface area contributed by atoms with Gasteiger partial charge in [-0.1, -0.05) is 47.6 Å². The third-order valence-corrected chi connectivity index (χ3v) is 6.00. The molecule has 0 radical (unpaired) electrons. The van der Waals surface area contributed by atoms with E-state index in [1.165, 1.54) is 17.3 Å². The van der Waals surface area contributed by atoms with Crippen molar-refractivity contribution in [3.63, 3.8) is 0 Å². The lowest BCUT2D eigenvalue weighted by molar-refractivity contribution is -0.116. The van der Waals surface area contributed by atoms with Crippen LogP contribution >= 0.6 is 23.4 Å². The fourth-order valence-electron chi connectivity index (χ4n) is 3.33. The second kappa shape index (κ2) is 9.36. The van der Waals surface area contributed by atoms with Gasteiger partial charge in [0.2, 0.25) is 5.91 Å². The minimum absolute atomic E-state index is 0.0667. The highest BCUT2D eigenvalue weighted by Crippen LogP contribution is 2.29. The van der Waals surface area contributed by atoms with E-state index in [4.69, 9.17) is 16.3 Å². The molecule has 0 atom stereocenters. The van der Waals surface area contributed by atoms with Gasteiger partial charge < -0.3 is 9.64 Å². The highest BCUT2D eigenvalue weighted by molar-refractivity contribution is 7.99. The molecule has 0 saturated heterocycles. The number of amides is 1. The summed E-state index contributed by atoms with van der Waals surface area (Å²) in [6.45, 7) is 5.33. The molecule has 30 heavy (non-hydrogen) atoms. The first-order chi connectivity index (χ1) is 14.7. The second-order valence-electron chi connectivity index (χ2n) is 6.75. The summed E-state index contributed by atoms with van der Waals surface area (Å²) in [6.07, 6.45) is 2.67. The van der Waals surface area contributed by atoms with Crippen LogP contribution in [-0.4, -0.2) is 33.0 Å². The van der Waals surface area contributed by atoms with E-state index < -0.39 is 0 Å². The molecule has 1 aliphatic heterocycles. The third-order valence-electron chi connectivity index (χ3n) is 4.80. The van der Waals surface area contributed by atoms with Crippen molar-refractivity contribution in [2.45, 2.75) is 24.7 Å². The number of halogens is 1. The Kier molecular flexibility index (Phi) is 6.40. The predicted octanol–water partition coefficient (Wildman–Crippen LogP) is 4.38. The van der Waals surface area contributed by atoms with Crippen molar-refractivity contribution in [1.29, 1.82) is 0 Å². The van der Waals surface area contributed by atoms with E-state index in [0.717, 1.165) is 18.7 Å². The van der Waals surface area contributed by atoms with E-state index in [2.05, 4.69) is 22.8 Å². The van der Waals surface area contributed by atoms with Crippen LogP contribution in [0.4, 0.5) is 5.69 Å². The van der Waals surface area contributed by atoms with Crippen LogP contribution in [0.5, 0.6) is 5.75 Å². The topological polar surface area (TPSA) is 60.2 Å². The number of para-hydroxylation sites is 1. The number of rotatable bonds is 8. The standard InChI is InChI=1S/C22H21ClN4O2S/c1-2-12-27-20(14-29-18-9-7-17(23)8-10-18)24-25-22(27)30-15-21(28)26-13-11-16-5-3-4-6-19(16)26/h2-10H,1,11-15H2. The summed E-state index contributed by atoms with van der Waals surface area (Å²) in [5.74, 6) is 1.73. The zero-order chi connectivity index (χ0) is 20.9. The molecule has 1 aromatic heterocycles. The Balaban J connectivity index is 1.41. The summed E-state index contributed by atoms with van der Waals surface area (Å²) in [5.41, 5.74) is 2.22. The van der Waals surface area contributed by atoms with Crippen molar-refractivity contribution in [2.75, 3.05) is 17.2 Å². The first kappa shape index (κ1) is 20.5. The van der Waals surface area contributed by atoms with E-state index in [9.17, 15) is 4.79 Å². The molecule has 3 aromatic rings. The molecule has 154 valence electrons. The van der Waals surface area contributed by atoms with Gasteiger partial charge in [0.15, 0.2) is 11.0 Å². The quantitative estimate of drug-likeness (QED) is 0.384. The number of ether oxygens (including phenoxy) is 1. The van der Waals surface area contributed by atoms with E-state index in [-0.39, 0.29) is 12.5 Å². The molecule has 0 spiro atoms. The van der Waals surface area contributed by atoms with E-state index in [1.54, 1.807) is 30.3 Å². The molecule has 0 saturated carbocycles. The normalized spacial score (nSPS) is 12.6. The largest absolute Gasteiger partial charge is 0.486 e. The van der Waals surface area contributed by atoms with Gasteiger partial charge in [-0.25, -0.2) is 0 Å². The number of fused-ring (bicyclic) bond motifs is 1. The van der Waals surface area contributed by atoms with Crippen molar-refractivity contribution in [2.24, 2.45) is 0 Å². The average molecular weight is 441 g/mol. The maximum Gasteiger partial charge on any atom is 0.237 e. The third kappa shape index (κ3) is 4.52. The fourth-order valence-corrected chi connectivity index (χ4v) is 4.29. The van der Waals surface area contributed by atoms with E-state index in [0.29, 0.717) is 34.1 Å². The summed E-state index contributed by atoms with van der Waals surface area (Å²) in [6, 6.07) is 15.2. The van der Waals surface area contributed by atoms with Crippen molar-refractivity contribution in [3.05, 3.63) is 77.6 Å². The Labute approximate surface area is 184 Å². The number of carbonyl (C=O) groups is 1. The van der Waals surface area contributed by atoms with Gasteiger partial charge in [-0.15, -0.1) is 16.8 Å². The van der Waals surface area contributed by atoms with Crippen LogP contribution in [0.25, 0.3) is 0 Å². The van der Waals surface area contributed by atoms with Crippen molar-refractivity contribution < 1.29 is 9.53 Å². The van der Waals surface area contributed by atoms with Crippen LogP contribution in [0.3, 0.4) is 0 Å². The number of hydrogen-bond acceptors (Lipinski definition) is 5. The van der Waals surface area contributed by atoms with Crippen LogP contribution in [0, 0.1) is 0 Å². The maximum atomic E-state index is 12.8. The lowest BCUT2D eigenvalue weighted by atomic mass is 10.2. The molecule has 1 aliphatic rings. The molecule has 0 fully saturated rings. The van der Waals surface area contributed by atoms with Gasteiger partial charge in [0.25, 0.3) is 0 Å². The molecule has 8 heteroatoms. The summed E-state index contributed by atoms with van der Waals surface area (Å²) in [5, 5.41) is 9.83. The lowest BCUT2D eigenvalue weighted by Crippen LogP contribution is -2.30. The Morgan fingerprint density at radius 2 is 2.00 bits per heavy atom. The molecule has 2 aromatic carbocycles. The van der Waals surface area contributed by atoms with E-state index >= 15 is 0 Å². The van der Waals surface area contributed by atoms with Crippen LogP contribution in [0.15, 0.2) is 66.3 Å². The van der Waals surface area contributed by atoms with Crippen LogP contribution in [0.2, 0.25) is 5.02 Å². The molecular formula is C22H21ClN4O2S. The molecule has 0 N–H and O–H groups in total. The number of hydrogen-bond donors (Lipinski definition) is 0. The van der Waals surface area contributed by atoms with E-state index in [1.807, 2.05) is 27.7 Å². The Bertz CT molecular complexity index is 1050. The summed E-state index contributed by atoms with van der Waals surface area (Å²) in [4.78, 5) is 14.6. The lowest BCUT2D eigenvalue weighted by Gasteiger charge is -2.17. The molecule has 0 aliphatic carbocycles. The van der Waals surface area contributed by atoms with Crippen LogP contribution in [-0.2, 0) is 24.4 Å². The molecule has 0 unspecified atom stereocenters. The predicted molar refractivity (Wildman–Crippen MR) is 119 cm³/mol. The van der Waals surface area contributed by atoms with Gasteiger partial charge >= 0.3 is 0 Å². The van der Waals surface area contributed by atoms with Crippen LogP contribution in [0.1, 0.15) is 11.4 Å². The number of allylic oxidation sites excluding steroid dienone is 1. The number of thioether (sulfide) groups is 1. The van der Waals surface area contributed by atoms with Crippen LogP contribution < -0.4 is 9.64 Å². The zero-order valence-corrected chi connectivity index (χ0v) is 17.9. The number of anilines is 1. The minimum Gasteiger partial charge on any atom is -0.486 e. The minimum atomic E-state index is 0.0667. The number of aromatic nitrogens is 3. The molecule has 0 bridgehead atoms. The second-order valence-corrected chi connectivity index (χ2v) is 8.13. The molecule has 1 amide bonds. The van der Waals surface area contributed by atoms with Crippen molar-refractivity contribution in [3.8, 4) is 5.75 Å². The smallest absolute Gasteiger partial charge is 0.237 e. The maximum absolute atomic E-state index is 12.8. The molecule has 2 heterocycles. The Morgan fingerprint density at radius 3 is 2.80 bits per heavy atom. The highest BCUT2D eigenvalue weighted by Gasteiger charge is 2.24. The SMILES string of the molecule is C=CCn1c(COc2ccc(Cl)cc2)nnc1SCC(=O)N1CCc2ccccc21. The Morgan fingerprint density at radius 1 is 1.20 bits per heavy atom. The molecular weight excluding hydrogens is 420 g/mol. The first-order valence-electron chi connectivity index (χ1n) is 9.58. The van der Waals surface area contributed by atoms with Gasteiger partial charge in [0.1, 0.15) is 12.4 Å². The fraction of sp³-hybridized carbons (Fsp3) is 0.227. The van der Waals surface area contributed by atoms with Gasteiger partial charge in [-0.05, 0) is 42.3 Å². The average Bonchev–Trinajstić information content (AvgIpc) is 3.36. The van der Waals surface area contributed by atoms with Gasteiger partial charge in [0.05, 0.1) is 5.75 Å². The number of nitrogens with zero attached hydrogens (tertiary/aromatic N) is 4. The Hall–Kier alpha value is -2.77. The van der Waals surface area contributed by atoms with Crippen molar-refractivity contribution >= 4 is 35.0 Å². The molecule has 6 nitrogen and oxygen atoms in total. The summed E-state index contributed by atoms with van der Waals surface area (Å²) in [7, 11) is 0. The molecule has 4 rings (SSSR count). The van der Waals surface area contributed by atoms with Gasteiger partial charge in [-0.3, -0.25) is 9.36 Å². The monoisotopic (exact) mass is 440 g/mol. The van der Waals surface area contributed by atoms with Crippen molar-refractivity contribution in [1.82, 2.24) is 14.8 Å². The van der Waals surface area contributed by atoms with Gasteiger partial charge in [0, 0.05) is 23.8 Å². The number of benzene rings is 2.